The van der Waals surface area contributed by atoms with E-state index in [4.69, 9.17) is 4.74 Å². The number of rotatable bonds is 4. The van der Waals surface area contributed by atoms with Gasteiger partial charge in [-0.1, -0.05) is 0 Å². The van der Waals surface area contributed by atoms with Crippen molar-refractivity contribution in [2.75, 3.05) is 37.5 Å². The molecule has 10 nitrogen and oxygen atoms in total. The zero-order chi connectivity index (χ0) is 25.5. The van der Waals surface area contributed by atoms with Gasteiger partial charge in [-0.05, 0) is 12.5 Å². The van der Waals surface area contributed by atoms with Gasteiger partial charge in [-0.2, -0.15) is 13.2 Å². The maximum absolute atomic E-state index is 15.1. The fraction of sp³-hybridized carbons (Fsp3) is 0.429. The van der Waals surface area contributed by atoms with Crippen molar-refractivity contribution in [1.29, 1.82) is 0 Å². The van der Waals surface area contributed by atoms with Gasteiger partial charge in [0.05, 0.1) is 31.5 Å². The van der Waals surface area contributed by atoms with Crippen molar-refractivity contribution < 1.29 is 27.1 Å². The number of amides is 2. The number of anilines is 2. The number of alkyl halides is 4. The van der Waals surface area contributed by atoms with E-state index < -0.39 is 41.2 Å². The van der Waals surface area contributed by atoms with E-state index in [1.807, 2.05) is 0 Å². The standard InChI is InChI=1S/C21H23F4N7O3/c1-30-9-11(21(23,24)25)6-13(19(30)33)28-20(34)31(2)14-4-5-32(10-12(14)22)16-8-27-18-17(29-16)15(35-3)7-26-18/h6-9,12,14H,4-5,10H2,1-3H3,(H,26,27)(H,28,34)/t12-,14-/m1/s1. The average molecular weight is 497 g/mol. The van der Waals surface area contributed by atoms with E-state index in [1.165, 1.54) is 20.4 Å². The Labute approximate surface area is 196 Å². The second-order valence-corrected chi connectivity index (χ2v) is 8.20. The smallest absolute Gasteiger partial charge is 0.417 e. The van der Waals surface area contributed by atoms with Crippen molar-refractivity contribution in [1.82, 2.24) is 24.4 Å². The molecule has 4 rings (SSSR count). The van der Waals surface area contributed by atoms with E-state index in [0.717, 1.165) is 16.5 Å². The highest BCUT2D eigenvalue weighted by Gasteiger charge is 2.36. The Morgan fingerprint density at radius 2 is 2.11 bits per heavy atom. The summed E-state index contributed by atoms with van der Waals surface area (Å²) < 4.78 is 60.4. The molecule has 1 aliphatic heterocycles. The molecule has 0 bridgehead atoms. The molecule has 2 N–H and O–H groups in total. The van der Waals surface area contributed by atoms with Gasteiger partial charge >= 0.3 is 12.2 Å². The predicted octanol–water partition coefficient (Wildman–Crippen LogP) is 2.76. The van der Waals surface area contributed by atoms with Crippen LogP contribution in [0.25, 0.3) is 11.2 Å². The van der Waals surface area contributed by atoms with Crippen LogP contribution in [0.5, 0.6) is 5.75 Å². The Morgan fingerprint density at radius 1 is 1.37 bits per heavy atom. The van der Waals surface area contributed by atoms with Gasteiger partial charge in [0.2, 0.25) is 0 Å². The topological polar surface area (TPSA) is 108 Å². The van der Waals surface area contributed by atoms with Crippen molar-refractivity contribution in [3.05, 3.63) is 40.6 Å². The molecule has 0 aromatic carbocycles. The summed E-state index contributed by atoms with van der Waals surface area (Å²) in [6, 6.07) is -1.19. The number of hydrogen-bond acceptors (Lipinski definition) is 6. The Balaban J connectivity index is 1.46. The van der Waals surface area contributed by atoms with E-state index in [1.54, 1.807) is 11.1 Å². The molecule has 1 fully saturated rings. The number of pyridine rings is 1. The van der Waals surface area contributed by atoms with E-state index in [-0.39, 0.29) is 13.0 Å². The molecule has 0 saturated carbocycles. The first-order valence-electron chi connectivity index (χ1n) is 10.6. The molecule has 2 atom stereocenters. The molecule has 0 unspecified atom stereocenters. The van der Waals surface area contributed by atoms with E-state index in [9.17, 15) is 22.8 Å². The average Bonchev–Trinajstić information content (AvgIpc) is 3.23. The Bertz CT molecular complexity index is 1310. The van der Waals surface area contributed by atoms with Crippen LogP contribution in [0.2, 0.25) is 0 Å². The molecule has 35 heavy (non-hydrogen) atoms. The molecule has 14 heteroatoms. The molecular formula is C21H23F4N7O3. The number of halogens is 4. The van der Waals surface area contributed by atoms with Crippen molar-refractivity contribution >= 4 is 28.7 Å². The molecule has 1 aliphatic rings. The zero-order valence-corrected chi connectivity index (χ0v) is 19.1. The van der Waals surface area contributed by atoms with E-state index in [0.29, 0.717) is 41.5 Å². The zero-order valence-electron chi connectivity index (χ0n) is 19.1. The number of carbonyl (C=O) groups is 1. The lowest BCUT2D eigenvalue weighted by atomic mass is 10.0. The van der Waals surface area contributed by atoms with Crippen molar-refractivity contribution in [2.24, 2.45) is 7.05 Å². The van der Waals surface area contributed by atoms with Crippen LogP contribution in [-0.2, 0) is 13.2 Å². The van der Waals surface area contributed by atoms with Crippen molar-refractivity contribution in [2.45, 2.75) is 24.8 Å². The largest absolute Gasteiger partial charge is 0.493 e. The lowest BCUT2D eigenvalue weighted by molar-refractivity contribution is -0.138. The lowest BCUT2D eigenvalue weighted by Gasteiger charge is -2.39. The molecule has 0 radical (unpaired) electrons. The van der Waals surface area contributed by atoms with Gasteiger partial charge in [-0.15, -0.1) is 0 Å². The van der Waals surface area contributed by atoms with E-state index in [2.05, 4.69) is 20.3 Å². The number of hydrogen-bond donors (Lipinski definition) is 2. The molecule has 3 aromatic rings. The number of methoxy groups -OCH3 is 1. The van der Waals surface area contributed by atoms with Crippen LogP contribution >= 0.6 is 0 Å². The van der Waals surface area contributed by atoms with E-state index >= 15 is 4.39 Å². The van der Waals surface area contributed by atoms with Crippen molar-refractivity contribution in [3.8, 4) is 5.75 Å². The van der Waals surface area contributed by atoms with Gasteiger partial charge in [-0.3, -0.25) is 4.79 Å². The van der Waals surface area contributed by atoms with Gasteiger partial charge in [0.25, 0.3) is 5.56 Å². The molecule has 4 heterocycles. The number of nitrogens with zero attached hydrogens (tertiary/aromatic N) is 5. The number of piperidine rings is 1. The fourth-order valence-electron chi connectivity index (χ4n) is 4.01. The van der Waals surface area contributed by atoms with Crippen LogP contribution in [-0.4, -0.2) is 69.9 Å². The highest BCUT2D eigenvalue weighted by atomic mass is 19.4. The maximum Gasteiger partial charge on any atom is 0.417 e. The third kappa shape index (κ3) is 4.72. The number of carbonyl (C=O) groups excluding carboxylic acids is 1. The fourth-order valence-corrected chi connectivity index (χ4v) is 4.01. The number of aromatic amines is 1. The molecule has 3 aromatic heterocycles. The van der Waals surface area contributed by atoms with Gasteiger partial charge in [-0.25, -0.2) is 19.2 Å². The summed E-state index contributed by atoms with van der Waals surface area (Å²) in [4.78, 5) is 39.3. The Hall–Kier alpha value is -3.84. The van der Waals surface area contributed by atoms with Gasteiger partial charge in [0.15, 0.2) is 16.9 Å². The van der Waals surface area contributed by atoms with Crippen LogP contribution in [0, 0.1) is 0 Å². The normalized spacial score (nSPS) is 18.5. The lowest BCUT2D eigenvalue weighted by Crippen LogP contribution is -2.54. The summed E-state index contributed by atoms with van der Waals surface area (Å²) >= 11 is 0. The van der Waals surface area contributed by atoms with Crippen LogP contribution < -0.4 is 20.5 Å². The third-order valence-corrected chi connectivity index (χ3v) is 5.95. The summed E-state index contributed by atoms with van der Waals surface area (Å²) in [5.41, 5.74) is -1.43. The molecule has 0 spiro atoms. The second-order valence-electron chi connectivity index (χ2n) is 8.20. The number of aromatic nitrogens is 4. The summed E-state index contributed by atoms with van der Waals surface area (Å²) in [5.74, 6) is 0.939. The number of aryl methyl sites for hydroxylation is 1. The Morgan fingerprint density at radius 3 is 2.77 bits per heavy atom. The predicted molar refractivity (Wildman–Crippen MR) is 119 cm³/mol. The quantitative estimate of drug-likeness (QED) is 0.537. The maximum atomic E-state index is 15.1. The van der Waals surface area contributed by atoms with Crippen LogP contribution in [0.3, 0.4) is 0 Å². The van der Waals surface area contributed by atoms with Crippen LogP contribution in [0.15, 0.2) is 29.5 Å². The highest BCUT2D eigenvalue weighted by molar-refractivity contribution is 5.89. The SMILES string of the molecule is COc1c[nH]c2ncc(N3CC[C@@H](N(C)C(=O)Nc4cc(C(F)(F)F)cn(C)c4=O)[C@H](F)C3)nc12. The van der Waals surface area contributed by atoms with Gasteiger partial charge in [0, 0.05) is 33.0 Å². The minimum atomic E-state index is -4.70. The second kappa shape index (κ2) is 9.07. The molecular weight excluding hydrogens is 474 g/mol. The van der Waals surface area contributed by atoms with Crippen LogP contribution in [0.4, 0.5) is 33.9 Å². The summed E-state index contributed by atoms with van der Waals surface area (Å²) in [7, 11) is 3.97. The number of H-pyrrole nitrogens is 1. The highest BCUT2D eigenvalue weighted by Crippen LogP contribution is 2.30. The summed E-state index contributed by atoms with van der Waals surface area (Å²) in [6.45, 7) is 0.265. The van der Waals surface area contributed by atoms with Crippen molar-refractivity contribution in [3.63, 3.8) is 0 Å². The number of ether oxygens (including phenoxy) is 1. The molecule has 0 aliphatic carbocycles. The molecule has 1 saturated heterocycles. The monoisotopic (exact) mass is 497 g/mol. The minimum absolute atomic E-state index is 0.0828. The number of urea groups is 1. The summed E-state index contributed by atoms with van der Waals surface area (Å²) in [6.07, 6.45) is -2.22. The van der Waals surface area contributed by atoms with Crippen LogP contribution in [0.1, 0.15) is 12.0 Å². The first-order chi connectivity index (χ1) is 16.5. The Kier molecular flexibility index (Phi) is 6.30. The first-order valence-corrected chi connectivity index (χ1v) is 10.6. The third-order valence-electron chi connectivity index (χ3n) is 5.95. The number of nitrogens with one attached hydrogen (secondary N) is 2. The molecule has 188 valence electrons. The number of fused-ring (bicyclic) bond motifs is 1. The van der Waals surface area contributed by atoms with Gasteiger partial charge in [0.1, 0.15) is 17.7 Å². The summed E-state index contributed by atoms with van der Waals surface area (Å²) in [5, 5.41) is 2.19. The first kappa shape index (κ1) is 24.3. The van der Waals surface area contributed by atoms with Gasteiger partial charge < -0.3 is 29.4 Å². The minimum Gasteiger partial charge on any atom is -0.493 e. The molecule has 2 amide bonds.